The molecule has 20 nitrogen and oxygen atoms in total. The Balaban J connectivity index is 1.10. The van der Waals surface area contributed by atoms with E-state index in [4.69, 9.17) is 20.9 Å². The molecule has 2 saturated heterocycles. The van der Waals surface area contributed by atoms with E-state index in [1.54, 1.807) is 0 Å². The zero-order valence-electron chi connectivity index (χ0n) is 21.0. The molecule has 20 heteroatoms. The summed E-state index contributed by atoms with van der Waals surface area (Å²) >= 11 is 0. The molecule has 6 rings (SSSR count). The number of aromatic amines is 2. The van der Waals surface area contributed by atoms with Gasteiger partial charge in [0.15, 0.2) is 28.6 Å². The van der Waals surface area contributed by atoms with Crippen LogP contribution in [0.2, 0.25) is 0 Å². The maximum Gasteiger partial charge on any atom is 0.315 e. The second kappa shape index (κ2) is 10.1. The number of amides is 2. The standard InChI is InChI=1S/C21H26N12O8/c22-19-28-14-11(16(37)30-19)25-4-32(14)9-1-6(35)7(40-9)2-24-21(39)27-10-8(3-34)41-18(13(10)36)33-5-26-12-15(33)29-20(23)31-17(12)38/h4-10,13,18,34-36H,1-3H2,(H2,24,27,39)(H3,22,28,30,37)(H3,23,29,31,38)/t6-,7+,8+,9+,10+,13+,18+/m0/s1. The number of urea groups is 1. The van der Waals surface area contributed by atoms with Crippen molar-refractivity contribution in [2.75, 3.05) is 24.6 Å². The van der Waals surface area contributed by atoms with Crippen LogP contribution < -0.4 is 33.2 Å². The third-order valence-corrected chi connectivity index (χ3v) is 7.01. The van der Waals surface area contributed by atoms with Crippen molar-refractivity contribution in [3.63, 3.8) is 0 Å². The molecule has 11 N–H and O–H groups in total. The molecule has 41 heavy (non-hydrogen) atoms. The molecule has 0 aromatic carbocycles. The molecule has 2 aliphatic heterocycles. The average molecular weight is 575 g/mol. The van der Waals surface area contributed by atoms with Crippen molar-refractivity contribution in [3.05, 3.63) is 33.4 Å². The molecule has 4 aromatic heterocycles. The van der Waals surface area contributed by atoms with E-state index in [-0.39, 0.29) is 47.2 Å². The van der Waals surface area contributed by atoms with Gasteiger partial charge < -0.3 is 46.9 Å². The van der Waals surface area contributed by atoms with Gasteiger partial charge in [-0.3, -0.25) is 28.7 Å². The Bertz CT molecular complexity index is 1730. The summed E-state index contributed by atoms with van der Waals surface area (Å²) in [6.07, 6.45) is -3.40. The third-order valence-electron chi connectivity index (χ3n) is 7.01. The number of carbonyl (C=O) groups is 1. The number of rotatable bonds is 6. The molecule has 0 spiro atoms. The van der Waals surface area contributed by atoms with E-state index in [1.807, 2.05) is 0 Å². The minimum absolute atomic E-state index is 0.0344. The summed E-state index contributed by atoms with van der Waals surface area (Å²) in [6.45, 7) is -0.672. The van der Waals surface area contributed by atoms with Crippen LogP contribution >= 0.6 is 0 Å². The fourth-order valence-corrected chi connectivity index (χ4v) is 5.06. The molecule has 4 aromatic rings. The largest absolute Gasteiger partial charge is 0.394 e. The number of aromatic nitrogens is 8. The summed E-state index contributed by atoms with van der Waals surface area (Å²) < 4.78 is 14.4. The highest BCUT2D eigenvalue weighted by Crippen LogP contribution is 2.32. The van der Waals surface area contributed by atoms with Crippen molar-refractivity contribution in [2.45, 2.75) is 49.3 Å². The third kappa shape index (κ3) is 4.62. The van der Waals surface area contributed by atoms with Crippen molar-refractivity contribution in [1.29, 1.82) is 0 Å². The monoisotopic (exact) mass is 574 g/mol. The highest BCUT2D eigenvalue weighted by Gasteiger charge is 2.46. The quantitative estimate of drug-likeness (QED) is 0.106. The summed E-state index contributed by atoms with van der Waals surface area (Å²) in [5, 5.41) is 36.5. The Morgan fingerprint density at radius 2 is 1.61 bits per heavy atom. The summed E-state index contributed by atoms with van der Waals surface area (Å²) in [5.74, 6) is -0.271. The number of H-pyrrole nitrogens is 2. The van der Waals surface area contributed by atoms with Crippen molar-refractivity contribution in [3.8, 4) is 0 Å². The highest BCUT2D eigenvalue weighted by atomic mass is 16.5. The second-order valence-corrected chi connectivity index (χ2v) is 9.60. The predicted octanol–water partition coefficient (Wildman–Crippen LogP) is -4.02. The molecule has 6 heterocycles. The van der Waals surface area contributed by atoms with Crippen LogP contribution in [0.5, 0.6) is 0 Å². The van der Waals surface area contributed by atoms with Gasteiger partial charge in [-0.2, -0.15) is 9.97 Å². The van der Waals surface area contributed by atoms with Gasteiger partial charge in [-0.05, 0) is 0 Å². The molecule has 218 valence electrons. The van der Waals surface area contributed by atoms with Crippen LogP contribution in [0.15, 0.2) is 22.2 Å². The summed E-state index contributed by atoms with van der Waals surface area (Å²) in [7, 11) is 0. The van der Waals surface area contributed by atoms with Crippen LogP contribution in [0, 0.1) is 0 Å². The number of nitrogens with one attached hydrogen (secondary N) is 4. The molecule has 2 aliphatic rings. The number of anilines is 2. The van der Waals surface area contributed by atoms with Gasteiger partial charge in [0.25, 0.3) is 11.1 Å². The van der Waals surface area contributed by atoms with E-state index in [0.717, 1.165) is 0 Å². The zero-order valence-corrected chi connectivity index (χ0v) is 21.0. The molecule has 0 saturated carbocycles. The molecule has 2 amide bonds. The fourth-order valence-electron chi connectivity index (χ4n) is 5.06. The minimum Gasteiger partial charge on any atom is -0.394 e. The normalized spacial score (nSPS) is 28.0. The number of aliphatic hydroxyl groups is 3. The van der Waals surface area contributed by atoms with Gasteiger partial charge in [-0.1, -0.05) is 0 Å². The van der Waals surface area contributed by atoms with Gasteiger partial charge in [0, 0.05) is 13.0 Å². The minimum atomic E-state index is -1.38. The van der Waals surface area contributed by atoms with Crippen LogP contribution in [0.4, 0.5) is 16.7 Å². The summed E-state index contributed by atoms with van der Waals surface area (Å²) in [4.78, 5) is 57.7. The number of fused-ring (bicyclic) bond motifs is 2. The van der Waals surface area contributed by atoms with Crippen LogP contribution in [-0.2, 0) is 9.47 Å². The van der Waals surface area contributed by atoms with Gasteiger partial charge >= 0.3 is 6.03 Å². The first kappa shape index (κ1) is 26.6. The number of hydrogen-bond acceptors (Lipinski definition) is 14. The number of ether oxygens (including phenoxy) is 2. The summed E-state index contributed by atoms with van der Waals surface area (Å²) in [5.41, 5.74) is 10.4. The van der Waals surface area contributed by atoms with E-state index in [0.29, 0.717) is 0 Å². The lowest BCUT2D eigenvalue weighted by Crippen LogP contribution is -2.53. The van der Waals surface area contributed by atoms with Gasteiger partial charge in [-0.25, -0.2) is 14.8 Å². The number of aliphatic hydroxyl groups excluding tert-OH is 3. The van der Waals surface area contributed by atoms with Crippen LogP contribution in [0.3, 0.4) is 0 Å². The van der Waals surface area contributed by atoms with Crippen LogP contribution in [0.25, 0.3) is 22.3 Å². The molecular weight excluding hydrogens is 548 g/mol. The highest BCUT2D eigenvalue weighted by molar-refractivity contribution is 5.74. The van der Waals surface area contributed by atoms with Gasteiger partial charge in [-0.15, -0.1) is 0 Å². The molecule has 2 fully saturated rings. The van der Waals surface area contributed by atoms with Crippen molar-refractivity contribution in [1.82, 2.24) is 49.7 Å². The molecular formula is C21H26N12O8. The fraction of sp³-hybridized carbons (Fsp3) is 0.476. The Hall–Kier alpha value is -4.63. The lowest BCUT2D eigenvalue weighted by molar-refractivity contribution is -0.0489. The average Bonchev–Trinajstić information content (AvgIpc) is 3.68. The van der Waals surface area contributed by atoms with Crippen molar-refractivity contribution in [2.24, 2.45) is 0 Å². The molecule has 0 radical (unpaired) electrons. The SMILES string of the molecule is Nc1nc2c(ncn2[C@@H]2O[C@H](CO)[C@@H](NC(=O)NC[C@H]3O[C@@H](n4cnc5c(=O)[nH]c(N)nc54)C[C@@H]3O)[C@H]2O)c(=O)[nH]1. The predicted molar refractivity (Wildman–Crippen MR) is 137 cm³/mol. The number of nitrogen functional groups attached to an aromatic ring is 2. The Morgan fingerprint density at radius 3 is 2.24 bits per heavy atom. The van der Waals surface area contributed by atoms with E-state index >= 15 is 0 Å². The van der Waals surface area contributed by atoms with Gasteiger partial charge in [0.1, 0.15) is 24.5 Å². The van der Waals surface area contributed by atoms with E-state index < -0.39 is 66.7 Å². The van der Waals surface area contributed by atoms with Gasteiger partial charge in [0.2, 0.25) is 11.9 Å². The second-order valence-electron chi connectivity index (χ2n) is 9.60. The zero-order chi connectivity index (χ0) is 29.0. The van der Waals surface area contributed by atoms with E-state index in [2.05, 4.69) is 40.5 Å². The molecule has 0 bridgehead atoms. The number of nitrogens with two attached hydrogens (primary N) is 2. The maximum atomic E-state index is 12.7. The smallest absolute Gasteiger partial charge is 0.315 e. The van der Waals surface area contributed by atoms with Crippen molar-refractivity contribution >= 4 is 40.3 Å². The first-order valence-corrected chi connectivity index (χ1v) is 12.4. The lowest BCUT2D eigenvalue weighted by Gasteiger charge is -2.22. The van der Waals surface area contributed by atoms with Crippen LogP contribution in [0.1, 0.15) is 18.9 Å². The Labute approximate surface area is 227 Å². The topological polar surface area (TPSA) is 299 Å². The van der Waals surface area contributed by atoms with E-state index in [9.17, 15) is 29.7 Å². The number of imidazole rings is 2. The number of hydrogen-bond donors (Lipinski definition) is 9. The maximum absolute atomic E-state index is 12.7. The molecule has 0 aliphatic carbocycles. The number of nitrogens with zero attached hydrogens (tertiary/aromatic N) is 6. The summed E-state index contributed by atoms with van der Waals surface area (Å²) in [6, 6.07) is -1.81. The first-order chi connectivity index (χ1) is 19.6. The molecule has 7 atom stereocenters. The van der Waals surface area contributed by atoms with Gasteiger partial charge in [0.05, 0.1) is 31.4 Å². The Kier molecular flexibility index (Phi) is 6.54. The molecule has 0 unspecified atom stereocenters. The van der Waals surface area contributed by atoms with Crippen LogP contribution in [-0.4, -0.2) is 104 Å². The van der Waals surface area contributed by atoms with Crippen molar-refractivity contribution < 1.29 is 29.6 Å². The Morgan fingerprint density at radius 1 is 1.00 bits per heavy atom. The lowest BCUT2D eigenvalue weighted by atomic mass is 10.1. The first-order valence-electron chi connectivity index (χ1n) is 12.4. The van der Waals surface area contributed by atoms with E-state index in [1.165, 1.54) is 21.8 Å². The number of carbonyl (C=O) groups excluding carboxylic acids is 1.